The molecule has 0 aliphatic carbocycles. The number of hydrogen-bond donors (Lipinski definition) is 0. The zero-order valence-corrected chi connectivity index (χ0v) is 16.0. The van der Waals surface area contributed by atoms with Crippen molar-refractivity contribution in [1.82, 2.24) is 9.55 Å². The van der Waals surface area contributed by atoms with Crippen LogP contribution in [-0.2, 0) is 11.3 Å². The van der Waals surface area contributed by atoms with E-state index in [2.05, 4.69) is 48.1 Å². The molecule has 1 amide bonds. The van der Waals surface area contributed by atoms with Gasteiger partial charge in [0.1, 0.15) is 5.82 Å². The highest BCUT2D eigenvalue weighted by molar-refractivity contribution is 7.98. The lowest BCUT2D eigenvalue weighted by Crippen LogP contribution is -2.24. The molecule has 1 fully saturated rings. The molecule has 0 saturated carbocycles. The molecule has 2 heterocycles. The van der Waals surface area contributed by atoms with E-state index in [9.17, 15) is 4.79 Å². The number of anilines is 1. The molecular formula is C21H23N3OS. The third kappa shape index (κ3) is 3.01. The minimum absolute atomic E-state index is 0.138. The number of imidazole rings is 1. The number of nitrogens with zero attached hydrogens (tertiary/aromatic N) is 3. The molecule has 1 aromatic heterocycles. The zero-order chi connectivity index (χ0) is 18.1. The van der Waals surface area contributed by atoms with Crippen molar-refractivity contribution >= 4 is 34.4 Å². The summed E-state index contributed by atoms with van der Waals surface area (Å²) < 4.78 is 2.30. The van der Waals surface area contributed by atoms with Crippen LogP contribution in [0.4, 0.5) is 5.69 Å². The summed E-state index contributed by atoms with van der Waals surface area (Å²) in [7, 11) is 0. The second kappa shape index (κ2) is 7.16. The van der Waals surface area contributed by atoms with Gasteiger partial charge < -0.3 is 9.47 Å². The van der Waals surface area contributed by atoms with Gasteiger partial charge in [-0.2, -0.15) is 0 Å². The maximum Gasteiger partial charge on any atom is 0.227 e. The molecule has 5 heteroatoms. The Morgan fingerprint density at radius 1 is 1.19 bits per heavy atom. The van der Waals surface area contributed by atoms with E-state index in [4.69, 9.17) is 4.98 Å². The second-order valence-corrected chi connectivity index (χ2v) is 7.60. The SMILES string of the molecule is CCCn1c([C@@H]2CC(=O)N(c3cccc(SC)c3)C2)nc2ccccc21. The average molecular weight is 366 g/mol. The van der Waals surface area contributed by atoms with Crippen LogP contribution in [0.5, 0.6) is 0 Å². The third-order valence-electron chi connectivity index (χ3n) is 4.99. The normalized spacial score (nSPS) is 17.4. The number of carbonyl (C=O) groups excluding carboxylic acids is 1. The van der Waals surface area contributed by atoms with Crippen LogP contribution in [0.3, 0.4) is 0 Å². The Kier molecular flexibility index (Phi) is 4.72. The van der Waals surface area contributed by atoms with Crippen LogP contribution in [0, 0.1) is 0 Å². The van der Waals surface area contributed by atoms with E-state index in [1.807, 2.05) is 23.1 Å². The first-order chi connectivity index (χ1) is 12.7. The van der Waals surface area contributed by atoms with E-state index in [0.29, 0.717) is 13.0 Å². The second-order valence-electron chi connectivity index (χ2n) is 6.72. The van der Waals surface area contributed by atoms with Crippen molar-refractivity contribution < 1.29 is 4.79 Å². The number of fused-ring (bicyclic) bond motifs is 1. The lowest BCUT2D eigenvalue weighted by Gasteiger charge is -2.18. The number of aryl methyl sites for hydroxylation is 1. The molecular weight excluding hydrogens is 342 g/mol. The fraction of sp³-hybridized carbons (Fsp3) is 0.333. The van der Waals surface area contributed by atoms with Gasteiger partial charge in [-0.05, 0) is 43.0 Å². The van der Waals surface area contributed by atoms with E-state index < -0.39 is 0 Å². The Morgan fingerprint density at radius 3 is 2.85 bits per heavy atom. The molecule has 0 spiro atoms. The van der Waals surface area contributed by atoms with Gasteiger partial charge in [-0.15, -0.1) is 11.8 Å². The lowest BCUT2D eigenvalue weighted by molar-refractivity contribution is -0.117. The Balaban J connectivity index is 1.68. The van der Waals surface area contributed by atoms with E-state index in [1.54, 1.807) is 11.8 Å². The quantitative estimate of drug-likeness (QED) is 0.616. The first kappa shape index (κ1) is 17.2. The van der Waals surface area contributed by atoms with Gasteiger partial charge >= 0.3 is 0 Å². The smallest absolute Gasteiger partial charge is 0.227 e. The molecule has 1 atom stereocenters. The third-order valence-corrected chi connectivity index (χ3v) is 5.71. The summed E-state index contributed by atoms with van der Waals surface area (Å²) in [4.78, 5) is 20.7. The van der Waals surface area contributed by atoms with E-state index in [1.165, 1.54) is 10.4 Å². The first-order valence-electron chi connectivity index (χ1n) is 9.11. The summed E-state index contributed by atoms with van der Waals surface area (Å²) in [5, 5.41) is 0. The summed E-state index contributed by atoms with van der Waals surface area (Å²) in [6.45, 7) is 3.81. The molecule has 1 saturated heterocycles. The Morgan fingerprint density at radius 2 is 2.04 bits per heavy atom. The van der Waals surface area contributed by atoms with Crippen LogP contribution < -0.4 is 4.90 Å². The highest BCUT2D eigenvalue weighted by Gasteiger charge is 2.34. The molecule has 1 aliphatic heterocycles. The minimum Gasteiger partial charge on any atom is -0.328 e. The van der Waals surface area contributed by atoms with Crippen molar-refractivity contribution in [3.8, 4) is 0 Å². The van der Waals surface area contributed by atoms with E-state index in [-0.39, 0.29) is 11.8 Å². The molecule has 0 N–H and O–H groups in total. The van der Waals surface area contributed by atoms with Crippen molar-refractivity contribution in [2.24, 2.45) is 0 Å². The van der Waals surface area contributed by atoms with Gasteiger partial charge in [-0.3, -0.25) is 4.79 Å². The molecule has 3 aromatic rings. The number of carbonyl (C=O) groups is 1. The zero-order valence-electron chi connectivity index (χ0n) is 15.2. The fourth-order valence-electron chi connectivity index (χ4n) is 3.77. The molecule has 2 aromatic carbocycles. The van der Waals surface area contributed by atoms with E-state index >= 15 is 0 Å². The highest BCUT2D eigenvalue weighted by Crippen LogP contribution is 2.34. The number of hydrogen-bond acceptors (Lipinski definition) is 3. The van der Waals surface area contributed by atoms with Gasteiger partial charge in [-0.25, -0.2) is 4.98 Å². The van der Waals surface area contributed by atoms with Gasteiger partial charge in [0.15, 0.2) is 0 Å². The van der Waals surface area contributed by atoms with Crippen molar-refractivity contribution in [2.45, 2.75) is 37.1 Å². The summed E-state index contributed by atoms with van der Waals surface area (Å²) >= 11 is 1.70. The fourth-order valence-corrected chi connectivity index (χ4v) is 4.23. The highest BCUT2D eigenvalue weighted by atomic mass is 32.2. The first-order valence-corrected chi connectivity index (χ1v) is 10.3. The largest absolute Gasteiger partial charge is 0.328 e. The molecule has 1 aliphatic rings. The van der Waals surface area contributed by atoms with Crippen molar-refractivity contribution in [3.05, 3.63) is 54.4 Å². The van der Waals surface area contributed by atoms with Crippen LogP contribution in [0.2, 0.25) is 0 Å². The monoisotopic (exact) mass is 365 g/mol. The van der Waals surface area contributed by atoms with Crippen molar-refractivity contribution in [3.63, 3.8) is 0 Å². The van der Waals surface area contributed by atoms with Gasteiger partial charge in [0, 0.05) is 36.0 Å². The molecule has 134 valence electrons. The Bertz CT molecular complexity index is 949. The topological polar surface area (TPSA) is 38.1 Å². The van der Waals surface area contributed by atoms with Gasteiger partial charge in [0.2, 0.25) is 5.91 Å². The molecule has 4 nitrogen and oxygen atoms in total. The summed E-state index contributed by atoms with van der Waals surface area (Å²) in [6.07, 6.45) is 3.63. The van der Waals surface area contributed by atoms with E-state index in [0.717, 1.165) is 30.0 Å². The Hall–Kier alpha value is -2.27. The van der Waals surface area contributed by atoms with Crippen molar-refractivity contribution in [2.75, 3.05) is 17.7 Å². The minimum atomic E-state index is 0.138. The van der Waals surface area contributed by atoms with Gasteiger partial charge in [0.25, 0.3) is 0 Å². The summed E-state index contributed by atoms with van der Waals surface area (Å²) in [5.74, 6) is 1.37. The van der Waals surface area contributed by atoms with Gasteiger partial charge in [-0.1, -0.05) is 25.1 Å². The van der Waals surface area contributed by atoms with Crippen LogP contribution in [0.15, 0.2) is 53.4 Å². The van der Waals surface area contributed by atoms with Gasteiger partial charge in [0.05, 0.1) is 11.0 Å². The number of benzene rings is 2. The predicted octanol–water partition coefficient (Wildman–Crippen LogP) is 4.69. The summed E-state index contributed by atoms with van der Waals surface area (Å²) in [5.41, 5.74) is 3.17. The molecule has 0 bridgehead atoms. The maximum absolute atomic E-state index is 12.7. The predicted molar refractivity (Wildman–Crippen MR) is 108 cm³/mol. The molecule has 0 radical (unpaired) electrons. The summed E-state index contributed by atoms with van der Waals surface area (Å²) in [6, 6.07) is 16.5. The van der Waals surface area contributed by atoms with Crippen LogP contribution >= 0.6 is 11.8 Å². The van der Waals surface area contributed by atoms with Crippen LogP contribution in [0.1, 0.15) is 31.5 Å². The number of amides is 1. The van der Waals surface area contributed by atoms with Crippen molar-refractivity contribution in [1.29, 1.82) is 0 Å². The molecule has 4 rings (SSSR count). The maximum atomic E-state index is 12.7. The number of aromatic nitrogens is 2. The Labute approximate surface area is 158 Å². The molecule has 26 heavy (non-hydrogen) atoms. The number of para-hydroxylation sites is 2. The van der Waals surface area contributed by atoms with Crippen LogP contribution in [-0.4, -0.2) is 28.3 Å². The number of thioether (sulfide) groups is 1. The standard InChI is InChI=1S/C21H23N3OS/c1-3-11-23-19-10-5-4-9-18(19)22-21(23)15-12-20(25)24(14-15)16-7-6-8-17(13-16)26-2/h4-10,13,15H,3,11-12,14H2,1-2H3/t15-/m1/s1. The molecule has 0 unspecified atom stereocenters. The lowest BCUT2D eigenvalue weighted by atomic mass is 10.1. The number of rotatable bonds is 5. The van der Waals surface area contributed by atoms with Crippen LogP contribution in [0.25, 0.3) is 11.0 Å². The average Bonchev–Trinajstić information content (AvgIpc) is 3.23.